The Balaban J connectivity index is 2.00. The minimum Gasteiger partial charge on any atom is -0.545 e. The van der Waals surface area contributed by atoms with Crippen molar-refractivity contribution in [1.82, 2.24) is 9.89 Å². The molecule has 2 aliphatic rings. The summed E-state index contributed by atoms with van der Waals surface area (Å²) in [7, 11) is -17.5. The van der Waals surface area contributed by atoms with Crippen LogP contribution in [0.2, 0.25) is 0 Å². The van der Waals surface area contributed by atoms with E-state index in [9.17, 15) is 67.1 Å². The van der Waals surface area contributed by atoms with Gasteiger partial charge in [0.15, 0.2) is 0 Å². The number of hydrogen-bond acceptors (Lipinski definition) is 13. The smallest absolute Gasteiger partial charge is 0.336 e. The number of carbonyl (C=O) groups excluding carboxylic acids is 1. The lowest BCUT2D eigenvalue weighted by atomic mass is 9.89. The highest BCUT2D eigenvalue weighted by Gasteiger charge is 2.25. The maximum atomic E-state index is 12.5. The van der Waals surface area contributed by atoms with Crippen molar-refractivity contribution in [2.75, 3.05) is 42.6 Å². The fourth-order valence-corrected chi connectivity index (χ4v) is 8.13. The number of carbonyl (C=O) groups is 2. The van der Waals surface area contributed by atoms with Gasteiger partial charge in [-0.05, 0) is 54.3 Å². The van der Waals surface area contributed by atoms with Gasteiger partial charge in [0.2, 0.25) is 5.36 Å². The molecule has 1 heterocycles. The summed E-state index contributed by atoms with van der Waals surface area (Å²) < 4.78 is 137. The third-order valence-corrected chi connectivity index (χ3v) is 11.7. The first-order chi connectivity index (χ1) is 25.9. The number of hydrogen-bond donors (Lipinski definition) is 6. The van der Waals surface area contributed by atoms with Crippen LogP contribution in [0.15, 0.2) is 59.0 Å². The second-order valence-electron chi connectivity index (χ2n) is 12.8. The van der Waals surface area contributed by atoms with Crippen LogP contribution >= 0.6 is 0 Å². The Morgan fingerprint density at radius 3 is 1.84 bits per heavy atom. The molecule has 0 bridgehead atoms. The molecule has 306 valence electrons. The third kappa shape index (κ3) is 13.1. The number of carboxylic acids is 2. The second kappa shape index (κ2) is 17.9. The molecule has 1 aliphatic carbocycles. The summed E-state index contributed by atoms with van der Waals surface area (Å²) >= 11 is 0. The van der Waals surface area contributed by atoms with Crippen LogP contribution in [0.1, 0.15) is 58.0 Å². The molecule has 0 fully saturated rings. The molecule has 0 saturated carbocycles. The van der Waals surface area contributed by atoms with Crippen LogP contribution in [0.5, 0.6) is 0 Å². The highest BCUT2D eigenvalue weighted by molar-refractivity contribution is 7.86. The molecule has 0 spiro atoms. The van der Waals surface area contributed by atoms with Crippen LogP contribution in [0.3, 0.4) is 0 Å². The third-order valence-electron chi connectivity index (χ3n) is 8.55. The van der Waals surface area contributed by atoms with E-state index < -0.39 is 92.6 Å². The molecule has 23 heteroatoms. The Morgan fingerprint density at radius 1 is 0.714 bits per heavy atom. The summed E-state index contributed by atoms with van der Waals surface area (Å²) in [6.07, 6.45) is -0.472. The summed E-state index contributed by atoms with van der Waals surface area (Å²) in [5.41, 5.74) is 0.235. The number of benzene rings is 3. The Hall–Kier alpha value is -4.33. The lowest BCUT2D eigenvalue weighted by Gasteiger charge is -2.21. The molecule has 2 aromatic rings. The van der Waals surface area contributed by atoms with Crippen LogP contribution in [-0.4, -0.2) is 112 Å². The molecular formula is C33H38N2O17S4. The van der Waals surface area contributed by atoms with Gasteiger partial charge >= 0.3 is 5.97 Å². The molecule has 56 heavy (non-hydrogen) atoms. The maximum absolute atomic E-state index is 12.5. The number of rotatable bonds is 20. The topological polar surface area (TPSA) is 323 Å². The van der Waals surface area contributed by atoms with Crippen LogP contribution in [0.25, 0.3) is 33.4 Å². The van der Waals surface area contributed by atoms with Gasteiger partial charge in [0, 0.05) is 41.5 Å². The zero-order valence-corrected chi connectivity index (χ0v) is 32.5. The minimum absolute atomic E-state index is 0.0187. The predicted molar refractivity (Wildman–Crippen MR) is 199 cm³/mol. The van der Waals surface area contributed by atoms with Gasteiger partial charge in [-0.1, -0.05) is 24.3 Å². The van der Waals surface area contributed by atoms with Crippen molar-refractivity contribution >= 4 is 63.4 Å². The van der Waals surface area contributed by atoms with E-state index in [1.165, 1.54) is 24.3 Å². The first kappa shape index (κ1) is 44.4. The Bertz CT molecular complexity index is 2580. The fraction of sp³-hybridized carbons (Fsp3) is 0.364. The highest BCUT2D eigenvalue weighted by atomic mass is 32.2. The summed E-state index contributed by atoms with van der Waals surface area (Å²) in [5, 5.41) is 25.5. The minimum atomic E-state index is -4.46. The van der Waals surface area contributed by atoms with Crippen molar-refractivity contribution in [2.24, 2.45) is 0 Å². The number of fused-ring (bicyclic) bond motifs is 2. The van der Waals surface area contributed by atoms with Crippen molar-refractivity contribution in [1.29, 1.82) is 0 Å². The molecule has 19 nitrogen and oxygen atoms in total. The number of carboxylic acid groups (broad SMARTS) is 2. The molecule has 1 aliphatic heterocycles. The number of aromatic carboxylic acids is 2. The number of nitrogens with one attached hydrogen (secondary N) is 1. The standard InChI is InChI=1S/C33H38N2O17S4/c36-32(37)22-5-7-24(27(18-22)33(38)39)31-25-8-4-21(28(10-17-56(49,50)51)34-11-1-14-53(40,41)42)19-29(25)52-30-20-23(6-9-26(30)31)35(12-2-15-54(43,44)45)13-3-16-55(46,47)48/h4-9,18-20,28,34H,1-3,10-17H2,(H5-,36,37,38,39,40,41,42,43,44,45,46,47,48,49,50,51). The normalized spacial score (nSPS) is 13.2. The van der Waals surface area contributed by atoms with Crippen LogP contribution < -0.4 is 20.4 Å². The van der Waals surface area contributed by atoms with Gasteiger partial charge in [-0.3, -0.25) is 18.2 Å². The molecule has 2 aromatic carbocycles. The van der Waals surface area contributed by atoms with Crippen molar-refractivity contribution < 1.29 is 76.1 Å². The summed E-state index contributed by atoms with van der Waals surface area (Å²) in [4.78, 5) is 24.2. The zero-order valence-electron chi connectivity index (χ0n) is 29.3. The van der Waals surface area contributed by atoms with Gasteiger partial charge in [-0.2, -0.15) is 33.7 Å². The summed E-state index contributed by atoms with van der Waals surface area (Å²) in [6, 6.07) is 11.7. The van der Waals surface area contributed by atoms with Gasteiger partial charge in [0.25, 0.3) is 40.5 Å². The van der Waals surface area contributed by atoms with Crippen LogP contribution in [0, 0.1) is 0 Å². The van der Waals surface area contributed by atoms with E-state index in [1.807, 2.05) is 0 Å². The summed E-state index contributed by atoms with van der Waals surface area (Å²) in [6.45, 7) is -0.0585. The van der Waals surface area contributed by atoms with Gasteiger partial charge in [0.05, 0.1) is 40.6 Å². The van der Waals surface area contributed by atoms with E-state index in [0.29, 0.717) is 21.9 Å². The zero-order chi connectivity index (χ0) is 41.6. The first-order valence-corrected chi connectivity index (χ1v) is 23.1. The molecule has 0 amide bonds. The van der Waals surface area contributed by atoms with Crippen LogP contribution in [0.4, 0.5) is 0 Å². The Kier molecular flexibility index (Phi) is 14.2. The molecule has 0 radical (unpaired) electrons. The molecule has 1 unspecified atom stereocenters. The number of nitrogens with zero attached hydrogens (tertiary/aromatic N) is 1. The maximum Gasteiger partial charge on any atom is 0.336 e. The van der Waals surface area contributed by atoms with E-state index >= 15 is 0 Å². The van der Waals surface area contributed by atoms with E-state index in [4.69, 9.17) is 8.97 Å². The average Bonchev–Trinajstić information content (AvgIpc) is 3.07. The van der Waals surface area contributed by atoms with E-state index in [2.05, 4.69) is 5.32 Å². The first-order valence-electron chi connectivity index (χ1n) is 16.6. The largest absolute Gasteiger partial charge is 0.545 e. The molecule has 4 rings (SSSR count). The Morgan fingerprint density at radius 2 is 1.29 bits per heavy atom. The molecule has 0 aromatic heterocycles. The van der Waals surface area contributed by atoms with Gasteiger partial charge in [-0.15, -0.1) is 0 Å². The van der Waals surface area contributed by atoms with E-state index in [1.54, 1.807) is 22.8 Å². The SMILES string of the molecule is O=C([O-])c1ccc(-c2c3ccc(=[N+](CCCS(=O)(=O)O)CCCS(=O)(=O)O)cc-3oc3cc(C(CCS(=O)(=O)O)NCCCS(=O)(=O)O)ccc23)c(C(=O)O)c1. The Labute approximate surface area is 321 Å². The van der Waals surface area contributed by atoms with Gasteiger partial charge in [-0.25, -0.2) is 9.37 Å². The van der Waals surface area contributed by atoms with E-state index in [-0.39, 0.29) is 67.8 Å². The summed E-state index contributed by atoms with van der Waals surface area (Å²) in [5.74, 6) is -5.58. The van der Waals surface area contributed by atoms with Gasteiger partial charge in [0.1, 0.15) is 24.4 Å². The highest BCUT2D eigenvalue weighted by Crippen LogP contribution is 2.42. The van der Waals surface area contributed by atoms with Crippen LogP contribution in [-0.2, 0) is 40.5 Å². The fourth-order valence-electron chi connectivity index (χ4n) is 6.10. The van der Waals surface area contributed by atoms with Crippen molar-refractivity contribution in [2.45, 2.75) is 31.7 Å². The average molecular weight is 863 g/mol. The lowest BCUT2D eigenvalue weighted by Crippen LogP contribution is -2.33. The molecular weight excluding hydrogens is 825 g/mol. The quantitative estimate of drug-likeness (QED) is 0.0309. The van der Waals surface area contributed by atoms with E-state index in [0.717, 1.165) is 12.1 Å². The molecule has 0 saturated heterocycles. The molecule has 6 N–H and O–H groups in total. The van der Waals surface area contributed by atoms with Crippen molar-refractivity contribution in [3.8, 4) is 22.5 Å². The van der Waals surface area contributed by atoms with Gasteiger partial charge < -0.3 is 24.7 Å². The predicted octanol–water partition coefficient (Wildman–Crippen LogP) is 0.781. The van der Waals surface area contributed by atoms with Crippen molar-refractivity contribution in [3.05, 3.63) is 76.6 Å². The molecule has 1 atom stereocenters. The second-order valence-corrected chi connectivity index (χ2v) is 19.0. The van der Waals surface area contributed by atoms with Crippen molar-refractivity contribution in [3.63, 3.8) is 0 Å². The lowest BCUT2D eigenvalue weighted by molar-refractivity contribution is -0.255. The monoisotopic (exact) mass is 862 g/mol.